The lowest BCUT2D eigenvalue weighted by Crippen LogP contribution is -2.27. The van der Waals surface area contributed by atoms with Crippen LogP contribution in [-0.2, 0) is 10.2 Å². The van der Waals surface area contributed by atoms with E-state index in [1.807, 2.05) is 26.0 Å². The fourth-order valence-corrected chi connectivity index (χ4v) is 2.41. The highest BCUT2D eigenvalue weighted by molar-refractivity contribution is 5.77. The molecule has 0 aliphatic heterocycles. The number of phenols is 1. The fourth-order valence-electron chi connectivity index (χ4n) is 2.41. The van der Waals surface area contributed by atoms with E-state index >= 15 is 0 Å². The molecule has 0 radical (unpaired) electrons. The zero-order chi connectivity index (χ0) is 16.2. The number of hydrogen-bond acceptors (Lipinski definition) is 3. The van der Waals surface area contributed by atoms with E-state index in [2.05, 4.69) is 26.1 Å². The molecule has 0 bridgehead atoms. The predicted octanol–water partition coefficient (Wildman–Crippen LogP) is 2.60. The third-order valence-corrected chi connectivity index (χ3v) is 3.55. The van der Waals surface area contributed by atoms with Crippen molar-refractivity contribution in [2.45, 2.75) is 52.4 Å². The van der Waals surface area contributed by atoms with Crippen molar-refractivity contribution in [3.63, 3.8) is 0 Å². The molecular formula is C17H27NO3. The minimum atomic E-state index is -0.149. The summed E-state index contributed by atoms with van der Waals surface area (Å²) in [6.07, 6.45) is 0.292. The number of aliphatic hydroxyl groups excluding tert-OH is 1. The van der Waals surface area contributed by atoms with E-state index in [-0.39, 0.29) is 36.1 Å². The quantitative estimate of drug-likeness (QED) is 0.781. The van der Waals surface area contributed by atoms with Crippen molar-refractivity contribution in [1.82, 2.24) is 5.32 Å². The SMILES string of the molecule is Cc1cc(C(C)CC(=O)NCCO)c(O)c(C(C)(C)C)c1. The Morgan fingerprint density at radius 3 is 2.48 bits per heavy atom. The van der Waals surface area contributed by atoms with Gasteiger partial charge in [-0.05, 0) is 29.4 Å². The highest BCUT2D eigenvalue weighted by atomic mass is 16.3. The molecule has 0 saturated heterocycles. The number of phenolic OH excluding ortho intramolecular Hbond substituents is 1. The number of aliphatic hydroxyl groups is 1. The standard InChI is InChI=1S/C17H27NO3/c1-11-8-13(12(2)10-15(20)18-6-7-19)16(21)14(9-11)17(3,4)5/h8-9,12,19,21H,6-7,10H2,1-5H3,(H,18,20). The van der Waals surface area contributed by atoms with Crippen molar-refractivity contribution in [3.8, 4) is 5.75 Å². The Hall–Kier alpha value is -1.55. The maximum absolute atomic E-state index is 11.8. The van der Waals surface area contributed by atoms with Gasteiger partial charge in [0.05, 0.1) is 6.61 Å². The minimum Gasteiger partial charge on any atom is -0.507 e. The molecule has 0 aliphatic rings. The van der Waals surface area contributed by atoms with Gasteiger partial charge >= 0.3 is 0 Å². The highest BCUT2D eigenvalue weighted by Gasteiger charge is 2.23. The minimum absolute atomic E-state index is 0.0655. The van der Waals surface area contributed by atoms with Crippen LogP contribution in [0.25, 0.3) is 0 Å². The first-order chi connectivity index (χ1) is 9.66. The lowest BCUT2D eigenvalue weighted by Gasteiger charge is -2.24. The smallest absolute Gasteiger partial charge is 0.220 e. The van der Waals surface area contributed by atoms with E-state index in [1.54, 1.807) is 0 Å². The van der Waals surface area contributed by atoms with Gasteiger partial charge in [-0.15, -0.1) is 0 Å². The van der Waals surface area contributed by atoms with Gasteiger partial charge in [-0.25, -0.2) is 0 Å². The number of rotatable bonds is 5. The first-order valence-corrected chi connectivity index (χ1v) is 7.38. The molecule has 1 aromatic rings. The highest BCUT2D eigenvalue weighted by Crippen LogP contribution is 2.38. The van der Waals surface area contributed by atoms with Gasteiger partial charge in [0.1, 0.15) is 5.75 Å². The molecule has 1 atom stereocenters. The molecule has 118 valence electrons. The lowest BCUT2D eigenvalue weighted by molar-refractivity contribution is -0.121. The van der Waals surface area contributed by atoms with Crippen LogP contribution in [0.5, 0.6) is 5.75 Å². The van der Waals surface area contributed by atoms with Crippen LogP contribution in [0.3, 0.4) is 0 Å². The van der Waals surface area contributed by atoms with Gasteiger partial charge in [0.25, 0.3) is 0 Å². The van der Waals surface area contributed by atoms with Gasteiger partial charge in [0, 0.05) is 13.0 Å². The maximum atomic E-state index is 11.8. The number of carbonyl (C=O) groups excluding carboxylic acids is 1. The zero-order valence-corrected chi connectivity index (χ0v) is 13.7. The van der Waals surface area contributed by atoms with Crippen LogP contribution in [0.4, 0.5) is 0 Å². The summed E-state index contributed by atoms with van der Waals surface area (Å²) in [4.78, 5) is 11.8. The molecule has 0 aromatic heterocycles. The van der Waals surface area contributed by atoms with Crippen LogP contribution in [-0.4, -0.2) is 29.3 Å². The molecule has 0 aliphatic carbocycles. The monoisotopic (exact) mass is 293 g/mol. The Kier molecular flexibility index (Phi) is 5.78. The third-order valence-electron chi connectivity index (χ3n) is 3.55. The van der Waals surface area contributed by atoms with Gasteiger partial charge in [0.15, 0.2) is 0 Å². The first-order valence-electron chi connectivity index (χ1n) is 7.38. The Morgan fingerprint density at radius 1 is 1.33 bits per heavy atom. The summed E-state index contributed by atoms with van der Waals surface area (Å²) in [5, 5.41) is 21.9. The normalized spacial score (nSPS) is 13.0. The van der Waals surface area contributed by atoms with Crippen LogP contribution >= 0.6 is 0 Å². The van der Waals surface area contributed by atoms with E-state index in [0.29, 0.717) is 6.42 Å². The number of nitrogens with one attached hydrogen (secondary N) is 1. The lowest BCUT2D eigenvalue weighted by atomic mass is 9.82. The third kappa shape index (κ3) is 4.74. The molecule has 0 heterocycles. The largest absolute Gasteiger partial charge is 0.507 e. The van der Waals surface area contributed by atoms with Gasteiger partial charge in [-0.2, -0.15) is 0 Å². The number of hydrogen-bond donors (Lipinski definition) is 3. The second kappa shape index (κ2) is 6.94. The Labute approximate surface area is 127 Å². The number of benzene rings is 1. The molecule has 4 nitrogen and oxygen atoms in total. The van der Waals surface area contributed by atoms with Gasteiger partial charge in [-0.1, -0.05) is 45.4 Å². The maximum Gasteiger partial charge on any atom is 0.220 e. The van der Waals surface area contributed by atoms with E-state index < -0.39 is 0 Å². The average molecular weight is 293 g/mol. The topological polar surface area (TPSA) is 69.6 Å². The molecule has 1 rings (SSSR count). The number of amides is 1. The molecule has 4 heteroatoms. The summed E-state index contributed by atoms with van der Waals surface area (Å²) in [5.74, 6) is 0.0926. The van der Waals surface area contributed by atoms with E-state index in [1.165, 1.54) is 0 Å². The van der Waals surface area contributed by atoms with Crippen molar-refractivity contribution in [1.29, 1.82) is 0 Å². The van der Waals surface area contributed by atoms with Crippen LogP contribution < -0.4 is 5.32 Å². The summed E-state index contributed by atoms with van der Waals surface area (Å²) in [6.45, 7) is 10.3. The van der Waals surface area contributed by atoms with Crippen LogP contribution in [0.2, 0.25) is 0 Å². The summed E-state index contributed by atoms with van der Waals surface area (Å²) in [7, 11) is 0. The first kappa shape index (κ1) is 17.5. The molecule has 1 amide bonds. The number of carbonyl (C=O) groups is 1. The Morgan fingerprint density at radius 2 is 1.95 bits per heavy atom. The molecule has 1 unspecified atom stereocenters. The van der Waals surface area contributed by atoms with Crippen molar-refractivity contribution < 1.29 is 15.0 Å². The molecular weight excluding hydrogens is 266 g/mol. The van der Waals surface area contributed by atoms with Crippen LogP contribution in [0.1, 0.15) is 56.7 Å². The van der Waals surface area contributed by atoms with Crippen molar-refractivity contribution in [2.75, 3.05) is 13.2 Å². The van der Waals surface area contributed by atoms with Gasteiger partial charge in [0.2, 0.25) is 5.91 Å². The summed E-state index contributed by atoms with van der Waals surface area (Å²) >= 11 is 0. The number of aromatic hydroxyl groups is 1. The van der Waals surface area contributed by atoms with E-state index in [9.17, 15) is 9.90 Å². The summed E-state index contributed by atoms with van der Waals surface area (Å²) in [6, 6.07) is 3.94. The molecule has 3 N–H and O–H groups in total. The number of aryl methyl sites for hydroxylation is 1. The molecule has 0 fully saturated rings. The van der Waals surface area contributed by atoms with Crippen molar-refractivity contribution >= 4 is 5.91 Å². The van der Waals surface area contributed by atoms with Crippen molar-refractivity contribution in [2.24, 2.45) is 0 Å². The van der Waals surface area contributed by atoms with Crippen LogP contribution in [0, 0.1) is 6.92 Å². The Balaban J connectivity index is 3.02. The summed E-state index contributed by atoms with van der Waals surface area (Å²) < 4.78 is 0. The predicted molar refractivity (Wildman–Crippen MR) is 84.7 cm³/mol. The molecule has 0 spiro atoms. The zero-order valence-electron chi connectivity index (χ0n) is 13.7. The molecule has 0 saturated carbocycles. The van der Waals surface area contributed by atoms with Gasteiger partial charge in [-0.3, -0.25) is 4.79 Å². The second-order valence-corrected chi connectivity index (χ2v) is 6.68. The van der Waals surface area contributed by atoms with Crippen LogP contribution in [0.15, 0.2) is 12.1 Å². The average Bonchev–Trinajstić information content (AvgIpc) is 2.37. The molecule has 1 aromatic carbocycles. The fraction of sp³-hybridized carbons (Fsp3) is 0.588. The molecule has 21 heavy (non-hydrogen) atoms. The Bertz CT molecular complexity index is 503. The summed E-state index contributed by atoms with van der Waals surface area (Å²) in [5.41, 5.74) is 2.64. The van der Waals surface area contributed by atoms with E-state index in [0.717, 1.165) is 16.7 Å². The van der Waals surface area contributed by atoms with Gasteiger partial charge < -0.3 is 15.5 Å². The second-order valence-electron chi connectivity index (χ2n) is 6.68. The van der Waals surface area contributed by atoms with Crippen molar-refractivity contribution in [3.05, 3.63) is 28.8 Å². The van der Waals surface area contributed by atoms with E-state index in [4.69, 9.17) is 5.11 Å².